The molecule has 0 aliphatic carbocycles. The molecule has 0 aliphatic rings. The molecular weight excluding hydrogens is 458 g/mol. The summed E-state index contributed by atoms with van der Waals surface area (Å²) < 4.78 is 13.0. The fourth-order valence-corrected chi connectivity index (χ4v) is 2.53. The summed E-state index contributed by atoms with van der Waals surface area (Å²) in [5, 5.41) is 5.88. The van der Waals surface area contributed by atoms with Crippen molar-refractivity contribution in [2.24, 2.45) is 4.99 Å². The lowest BCUT2D eigenvalue weighted by molar-refractivity contribution is 0.0963. The number of nitrogens with one attached hydrogen (secondary N) is 2. The molecule has 0 radical (unpaired) electrons. The van der Waals surface area contributed by atoms with Crippen LogP contribution >= 0.6 is 24.0 Å². The molecule has 0 aliphatic heterocycles. The second-order valence-electron chi connectivity index (χ2n) is 5.93. The van der Waals surface area contributed by atoms with Crippen molar-refractivity contribution in [3.63, 3.8) is 0 Å². The van der Waals surface area contributed by atoms with Gasteiger partial charge in [0.25, 0.3) is 5.91 Å². The Hall–Kier alpha value is -2.16. The van der Waals surface area contributed by atoms with E-state index in [4.69, 9.17) is 0 Å². The molecule has 5 nitrogen and oxygen atoms in total. The Morgan fingerprint density at radius 2 is 1.85 bits per heavy atom. The van der Waals surface area contributed by atoms with Crippen LogP contribution in [0.4, 0.5) is 4.39 Å². The van der Waals surface area contributed by atoms with Crippen molar-refractivity contribution >= 4 is 35.8 Å². The number of hydrogen-bond acceptors (Lipinski definition) is 2. The van der Waals surface area contributed by atoms with Gasteiger partial charge in [0.15, 0.2) is 5.96 Å². The Kier molecular flexibility index (Phi) is 9.77. The zero-order valence-corrected chi connectivity index (χ0v) is 18.2. The van der Waals surface area contributed by atoms with E-state index < -0.39 is 0 Å². The van der Waals surface area contributed by atoms with Gasteiger partial charge in [-0.25, -0.2) is 9.38 Å². The molecule has 0 bridgehead atoms. The maximum Gasteiger partial charge on any atom is 0.251 e. The molecule has 2 aromatic rings. The minimum Gasteiger partial charge on any atom is -0.357 e. The average Bonchev–Trinajstić information content (AvgIpc) is 2.66. The number of aliphatic imine (C=N–C) groups is 1. The van der Waals surface area contributed by atoms with Crippen molar-refractivity contribution in [1.82, 2.24) is 15.5 Å². The molecule has 0 aromatic heterocycles. The highest BCUT2D eigenvalue weighted by atomic mass is 127. The Labute approximate surface area is 177 Å². The van der Waals surface area contributed by atoms with Gasteiger partial charge in [0.05, 0.1) is 6.54 Å². The van der Waals surface area contributed by atoms with E-state index in [9.17, 15) is 9.18 Å². The van der Waals surface area contributed by atoms with Gasteiger partial charge in [0.1, 0.15) is 5.82 Å². The molecule has 2 rings (SSSR count). The predicted molar refractivity (Wildman–Crippen MR) is 118 cm³/mol. The van der Waals surface area contributed by atoms with Gasteiger partial charge in [-0.05, 0) is 42.3 Å². The molecule has 27 heavy (non-hydrogen) atoms. The van der Waals surface area contributed by atoms with Crippen LogP contribution in [0.15, 0.2) is 53.5 Å². The summed E-state index contributed by atoms with van der Waals surface area (Å²) in [7, 11) is 3.55. The summed E-state index contributed by atoms with van der Waals surface area (Å²) in [6.45, 7) is 3.82. The number of benzene rings is 2. The molecule has 146 valence electrons. The number of guanidine groups is 1. The number of nitrogens with zero attached hydrogens (tertiary/aromatic N) is 2. The first-order valence-electron chi connectivity index (χ1n) is 8.58. The molecule has 1 amide bonds. The van der Waals surface area contributed by atoms with E-state index in [1.807, 2.05) is 37.1 Å². The number of hydrogen-bond donors (Lipinski definition) is 2. The molecule has 0 unspecified atom stereocenters. The zero-order chi connectivity index (χ0) is 18.9. The van der Waals surface area contributed by atoms with Gasteiger partial charge in [0, 0.05) is 32.7 Å². The number of halogens is 2. The van der Waals surface area contributed by atoms with Crippen LogP contribution in [0, 0.1) is 5.82 Å². The minimum absolute atomic E-state index is 0. The van der Waals surface area contributed by atoms with Crippen molar-refractivity contribution in [2.75, 3.05) is 20.6 Å². The molecule has 2 aromatic carbocycles. The highest BCUT2D eigenvalue weighted by molar-refractivity contribution is 14.0. The number of amides is 1. The number of carbonyl (C=O) groups is 1. The van der Waals surface area contributed by atoms with Crippen molar-refractivity contribution in [2.45, 2.75) is 20.0 Å². The molecule has 0 atom stereocenters. The van der Waals surface area contributed by atoms with Gasteiger partial charge < -0.3 is 15.5 Å². The number of rotatable bonds is 6. The van der Waals surface area contributed by atoms with Crippen LogP contribution in [0.3, 0.4) is 0 Å². The van der Waals surface area contributed by atoms with Crippen LogP contribution in [0.25, 0.3) is 0 Å². The third-order valence-corrected chi connectivity index (χ3v) is 3.86. The first kappa shape index (κ1) is 22.9. The summed E-state index contributed by atoms with van der Waals surface area (Å²) in [6, 6.07) is 13.9. The molecule has 0 heterocycles. The number of carbonyl (C=O) groups excluding carboxylic acids is 1. The van der Waals surface area contributed by atoms with Gasteiger partial charge in [0.2, 0.25) is 0 Å². The van der Waals surface area contributed by atoms with Crippen molar-refractivity contribution in [3.05, 3.63) is 71.0 Å². The Morgan fingerprint density at radius 1 is 1.15 bits per heavy atom. The van der Waals surface area contributed by atoms with Gasteiger partial charge in [-0.2, -0.15) is 0 Å². The summed E-state index contributed by atoms with van der Waals surface area (Å²) >= 11 is 0. The van der Waals surface area contributed by atoms with Crippen LogP contribution in [-0.4, -0.2) is 37.4 Å². The van der Waals surface area contributed by atoms with Crippen molar-refractivity contribution in [1.29, 1.82) is 0 Å². The summed E-state index contributed by atoms with van der Waals surface area (Å²) in [4.78, 5) is 18.4. The lowest BCUT2D eigenvalue weighted by Gasteiger charge is -2.22. The molecule has 0 fully saturated rings. The smallest absolute Gasteiger partial charge is 0.251 e. The van der Waals surface area contributed by atoms with E-state index >= 15 is 0 Å². The van der Waals surface area contributed by atoms with E-state index in [1.54, 1.807) is 25.2 Å². The van der Waals surface area contributed by atoms with E-state index in [-0.39, 0.29) is 35.7 Å². The Balaban J connectivity index is 0.00000364. The topological polar surface area (TPSA) is 56.7 Å². The van der Waals surface area contributed by atoms with Crippen LogP contribution in [0.5, 0.6) is 0 Å². The quantitative estimate of drug-likeness (QED) is 0.376. The zero-order valence-electron chi connectivity index (χ0n) is 15.8. The fourth-order valence-electron chi connectivity index (χ4n) is 2.53. The van der Waals surface area contributed by atoms with Gasteiger partial charge in [-0.3, -0.25) is 4.79 Å². The monoisotopic (exact) mass is 484 g/mol. The molecule has 0 saturated heterocycles. The van der Waals surface area contributed by atoms with Crippen molar-refractivity contribution in [3.8, 4) is 0 Å². The van der Waals surface area contributed by atoms with E-state index in [0.29, 0.717) is 18.7 Å². The maximum absolute atomic E-state index is 13.0. The molecule has 0 spiro atoms. The second kappa shape index (κ2) is 11.5. The third kappa shape index (κ3) is 7.16. The van der Waals surface area contributed by atoms with E-state index in [0.717, 1.165) is 23.6 Å². The minimum atomic E-state index is -0.243. The van der Waals surface area contributed by atoms with Crippen LogP contribution < -0.4 is 10.6 Å². The standard InChI is InChI=1S/C20H25FN4O.HI/c1-4-23-20(25(3)14-15-8-10-18(21)11-9-15)24-13-16-6-5-7-17(12-16)19(26)22-2;/h5-12H,4,13-14H2,1-3H3,(H,22,26)(H,23,24);1H. The van der Waals surface area contributed by atoms with Crippen molar-refractivity contribution < 1.29 is 9.18 Å². The van der Waals surface area contributed by atoms with E-state index in [2.05, 4.69) is 15.6 Å². The van der Waals surface area contributed by atoms with Gasteiger partial charge in [-0.15, -0.1) is 24.0 Å². The molecule has 0 saturated carbocycles. The maximum atomic E-state index is 13.0. The summed E-state index contributed by atoms with van der Waals surface area (Å²) in [5.74, 6) is 0.395. The SMILES string of the molecule is CCNC(=NCc1cccc(C(=O)NC)c1)N(C)Cc1ccc(F)cc1.I. The highest BCUT2D eigenvalue weighted by Gasteiger charge is 2.08. The summed E-state index contributed by atoms with van der Waals surface area (Å²) in [5.41, 5.74) is 2.57. The fraction of sp³-hybridized carbons (Fsp3) is 0.300. The second-order valence-corrected chi connectivity index (χ2v) is 5.93. The predicted octanol–water partition coefficient (Wildman–Crippen LogP) is 3.40. The van der Waals surface area contributed by atoms with Crippen LogP contribution in [0.2, 0.25) is 0 Å². The van der Waals surface area contributed by atoms with Crippen LogP contribution in [0.1, 0.15) is 28.4 Å². The lowest BCUT2D eigenvalue weighted by Crippen LogP contribution is -2.38. The normalized spacial score (nSPS) is 10.7. The Morgan fingerprint density at radius 3 is 2.48 bits per heavy atom. The van der Waals surface area contributed by atoms with Gasteiger partial charge in [-0.1, -0.05) is 24.3 Å². The van der Waals surface area contributed by atoms with E-state index in [1.165, 1.54) is 12.1 Å². The first-order valence-corrected chi connectivity index (χ1v) is 8.58. The lowest BCUT2D eigenvalue weighted by atomic mass is 10.1. The van der Waals surface area contributed by atoms with Gasteiger partial charge >= 0.3 is 0 Å². The molecule has 7 heteroatoms. The molecule has 2 N–H and O–H groups in total. The summed E-state index contributed by atoms with van der Waals surface area (Å²) in [6.07, 6.45) is 0. The average molecular weight is 484 g/mol. The largest absolute Gasteiger partial charge is 0.357 e. The first-order chi connectivity index (χ1) is 12.5. The Bertz CT molecular complexity index is 765. The highest BCUT2D eigenvalue weighted by Crippen LogP contribution is 2.09. The molecular formula is C20H26FIN4O. The third-order valence-electron chi connectivity index (χ3n) is 3.86. The van der Waals surface area contributed by atoms with Crippen LogP contribution in [-0.2, 0) is 13.1 Å².